The van der Waals surface area contributed by atoms with Crippen LogP contribution in [0.1, 0.15) is 37.9 Å². The molecule has 2 fully saturated rings. The lowest BCUT2D eigenvalue weighted by Gasteiger charge is -2.46. The molecule has 3 aliphatic heterocycles. The zero-order valence-electron chi connectivity index (χ0n) is 21.1. The SMILES string of the molecule is Cc1c(C#N)nc2c3c(nc(-c4cc(N)cc(F)c4OC(F)(F)F)c(F)c13)O[C@@H](C)[C@@H]1[C@@H]3CC[C@](C)(CN21)N3. The maximum absolute atomic E-state index is 16.4. The second-order valence-electron chi connectivity index (χ2n) is 10.6. The van der Waals surface area contributed by atoms with Gasteiger partial charge in [-0.25, -0.2) is 18.7 Å². The summed E-state index contributed by atoms with van der Waals surface area (Å²) in [6, 6.07) is 3.34. The van der Waals surface area contributed by atoms with E-state index in [0.717, 1.165) is 18.9 Å². The molecular formula is C26H23F5N6O2. The summed E-state index contributed by atoms with van der Waals surface area (Å²) in [4.78, 5) is 10.9. The highest BCUT2D eigenvalue weighted by atomic mass is 19.4. The summed E-state index contributed by atoms with van der Waals surface area (Å²) in [6.45, 7) is 5.88. The van der Waals surface area contributed by atoms with Crippen LogP contribution in [0.3, 0.4) is 0 Å². The fourth-order valence-electron chi connectivity index (χ4n) is 6.24. The quantitative estimate of drug-likeness (QED) is 0.351. The number of nitrogens with one attached hydrogen (secondary N) is 1. The van der Waals surface area contributed by atoms with Gasteiger partial charge in [0.2, 0.25) is 5.88 Å². The Morgan fingerprint density at radius 3 is 2.69 bits per heavy atom. The number of alkyl halides is 3. The summed E-state index contributed by atoms with van der Waals surface area (Å²) >= 11 is 0. The van der Waals surface area contributed by atoms with Crippen LogP contribution in [-0.4, -0.2) is 46.6 Å². The van der Waals surface area contributed by atoms with Gasteiger partial charge in [0, 0.05) is 35.3 Å². The number of nitrogens with zero attached hydrogens (tertiary/aromatic N) is 4. The molecule has 1 aromatic carbocycles. The maximum atomic E-state index is 16.4. The summed E-state index contributed by atoms with van der Waals surface area (Å²) in [7, 11) is 0. The van der Waals surface area contributed by atoms with Crippen LogP contribution in [0.5, 0.6) is 11.6 Å². The van der Waals surface area contributed by atoms with Crippen LogP contribution in [0.4, 0.5) is 33.5 Å². The lowest BCUT2D eigenvalue weighted by Crippen LogP contribution is -2.66. The van der Waals surface area contributed by atoms with E-state index in [1.54, 1.807) is 0 Å². The number of fused-ring (bicyclic) bond motifs is 5. The zero-order valence-corrected chi connectivity index (χ0v) is 21.1. The molecular weight excluding hydrogens is 523 g/mol. The average Bonchev–Trinajstić information content (AvgIpc) is 3.09. The Labute approximate surface area is 219 Å². The minimum absolute atomic E-state index is 0.0101. The number of rotatable bonds is 2. The van der Waals surface area contributed by atoms with E-state index in [-0.39, 0.29) is 51.2 Å². The van der Waals surface area contributed by atoms with E-state index in [1.807, 2.05) is 17.9 Å². The van der Waals surface area contributed by atoms with Crippen LogP contribution in [-0.2, 0) is 0 Å². The van der Waals surface area contributed by atoms with Crippen molar-refractivity contribution in [1.82, 2.24) is 15.3 Å². The van der Waals surface area contributed by atoms with E-state index in [9.17, 15) is 22.8 Å². The van der Waals surface area contributed by atoms with E-state index in [1.165, 1.54) is 6.92 Å². The molecule has 0 spiro atoms. The standard InChI is InChI=1S/C26H23F5N6O2/c1-10-16(8-32)34-23-18-17(10)19(28)20(13-6-12(33)7-14(27)22(13)39-26(29,30)31)35-24(18)38-11(2)21-15-4-5-25(3,36-15)9-37(21)23/h6-7,11,15,21,36H,4-5,9,33H2,1-3H3/t11-,15-,21+,25+/m0/s1. The molecule has 2 aromatic heterocycles. The van der Waals surface area contributed by atoms with Gasteiger partial charge in [-0.15, -0.1) is 13.2 Å². The molecule has 3 N–H and O–H groups in total. The molecule has 0 radical (unpaired) electrons. The molecule has 4 atom stereocenters. The van der Waals surface area contributed by atoms with E-state index in [0.29, 0.717) is 18.4 Å². The van der Waals surface area contributed by atoms with Gasteiger partial charge in [-0.2, -0.15) is 5.26 Å². The van der Waals surface area contributed by atoms with Crippen molar-refractivity contribution in [1.29, 1.82) is 5.26 Å². The van der Waals surface area contributed by atoms with Gasteiger partial charge in [0.05, 0.1) is 17.0 Å². The summed E-state index contributed by atoms with van der Waals surface area (Å²) < 4.78 is 81.0. The van der Waals surface area contributed by atoms with Gasteiger partial charge in [0.1, 0.15) is 29.4 Å². The van der Waals surface area contributed by atoms with Crippen molar-refractivity contribution < 1.29 is 31.4 Å². The molecule has 0 saturated carbocycles. The zero-order chi connectivity index (χ0) is 28.0. The van der Waals surface area contributed by atoms with Crippen LogP contribution in [0.25, 0.3) is 22.0 Å². The van der Waals surface area contributed by atoms with Gasteiger partial charge >= 0.3 is 6.36 Å². The number of pyridine rings is 2. The van der Waals surface area contributed by atoms with Gasteiger partial charge in [-0.1, -0.05) is 0 Å². The molecule has 6 rings (SSSR count). The van der Waals surface area contributed by atoms with Gasteiger partial charge in [0.25, 0.3) is 0 Å². The molecule has 0 amide bonds. The summed E-state index contributed by atoms with van der Waals surface area (Å²) in [5.74, 6) is -3.60. The second kappa shape index (κ2) is 8.29. The molecule has 0 aliphatic carbocycles. The monoisotopic (exact) mass is 546 g/mol. The number of piperazine rings is 1. The predicted molar refractivity (Wildman–Crippen MR) is 131 cm³/mol. The lowest BCUT2D eigenvalue weighted by molar-refractivity contribution is -0.275. The fraction of sp³-hybridized carbons (Fsp3) is 0.423. The third-order valence-electron chi connectivity index (χ3n) is 7.80. The highest BCUT2D eigenvalue weighted by molar-refractivity contribution is 6.02. The minimum atomic E-state index is -5.28. The molecule has 2 bridgehead atoms. The van der Waals surface area contributed by atoms with Crippen molar-refractivity contribution in [3.63, 3.8) is 0 Å². The van der Waals surface area contributed by atoms with Crippen molar-refractivity contribution >= 4 is 22.3 Å². The molecule has 8 nitrogen and oxygen atoms in total. The van der Waals surface area contributed by atoms with Crippen molar-refractivity contribution in [2.75, 3.05) is 17.2 Å². The lowest BCUT2D eigenvalue weighted by atomic mass is 9.95. The summed E-state index contributed by atoms with van der Waals surface area (Å²) in [5, 5.41) is 13.6. The Morgan fingerprint density at radius 2 is 2.00 bits per heavy atom. The minimum Gasteiger partial charge on any atom is -0.472 e. The van der Waals surface area contributed by atoms with E-state index >= 15 is 4.39 Å². The van der Waals surface area contributed by atoms with E-state index in [4.69, 9.17) is 10.5 Å². The first-order chi connectivity index (χ1) is 18.3. The number of halogens is 5. The van der Waals surface area contributed by atoms with Crippen LogP contribution in [0.15, 0.2) is 12.1 Å². The number of nitrogens with two attached hydrogens (primary N) is 1. The molecule has 204 valence electrons. The summed E-state index contributed by atoms with van der Waals surface area (Å²) in [6.07, 6.45) is -4.03. The molecule has 13 heteroatoms. The number of nitriles is 1. The number of aromatic nitrogens is 2. The Kier molecular flexibility index (Phi) is 5.39. The van der Waals surface area contributed by atoms with Crippen molar-refractivity contribution in [3.05, 3.63) is 35.0 Å². The number of nitrogen functional groups attached to an aromatic ring is 1. The maximum Gasteiger partial charge on any atom is 0.573 e. The molecule has 3 aliphatic rings. The number of benzene rings is 1. The number of ether oxygens (including phenoxy) is 2. The third-order valence-corrected chi connectivity index (χ3v) is 7.80. The second-order valence-corrected chi connectivity index (χ2v) is 10.6. The number of anilines is 2. The topological polar surface area (TPSA) is 109 Å². The first kappa shape index (κ1) is 25.4. The number of hydrogen-bond acceptors (Lipinski definition) is 8. The Balaban J connectivity index is 1.68. The predicted octanol–water partition coefficient (Wildman–Crippen LogP) is 4.72. The highest BCUT2D eigenvalue weighted by Crippen LogP contribution is 2.48. The largest absolute Gasteiger partial charge is 0.573 e. The van der Waals surface area contributed by atoms with Gasteiger partial charge in [-0.3, -0.25) is 0 Å². The fourth-order valence-corrected chi connectivity index (χ4v) is 6.24. The highest BCUT2D eigenvalue weighted by Gasteiger charge is 2.51. The van der Waals surface area contributed by atoms with Gasteiger partial charge < -0.3 is 25.4 Å². The average molecular weight is 547 g/mol. The first-order valence-corrected chi connectivity index (χ1v) is 12.3. The Hall–Kier alpha value is -3.92. The van der Waals surface area contributed by atoms with E-state index in [2.05, 4.69) is 26.9 Å². The molecule has 3 aromatic rings. The normalized spacial score (nSPS) is 25.6. The molecule has 39 heavy (non-hydrogen) atoms. The van der Waals surface area contributed by atoms with Crippen LogP contribution in [0.2, 0.25) is 0 Å². The first-order valence-electron chi connectivity index (χ1n) is 12.3. The van der Waals surface area contributed by atoms with Crippen molar-refractivity contribution in [2.24, 2.45) is 0 Å². The smallest absolute Gasteiger partial charge is 0.472 e. The van der Waals surface area contributed by atoms with Crippen LogP contribution < -0.4 is 25.4 Å². The molecule has 2 saturated heterocycles. The third kappa shape index (κ3) is 3.88. The number of aryl methyl sites for hydroxylation is 1. The van der Waals surface area contributed by atoms with Crippen LogP contribution >= 0.6 is 0 Å². The Morgan fingerprint density at radius 1 is 1.26 bits per heavy atom. The van der Waals surface area contributed by atoms with Gasteiger partial charge in [0.15, 0.2) is 17.4 Å². The number of hydrogen-bond donors (Lipinski definition) is 2. The molecule has 0 unspecified atom stereocenters. The van der Waals surface area contributed by atoms with Crippen molar-refractivity contribution in [2.45, 2.75) is 63.7 Å². The van der Waals surface area contributed by atoms with E-state index < -0.39 is 41.1 Å². The van der Waals surface area contributed by atoms with Crippen LogP contribution in [0, 0.1) is 29.9 Å². The Bertz CT molecular complexity index is 1590. The molecule has 5 heterocycles. The van der Waals surface area contributed by atoms with Gasteiger partial charge in [-0.05, 0) is 45.2 Å². The van der Waals surface area contributed by atoms with Crippen molar-refractivity contribution in [3.8, 4) is 29.0 Å². The summed E-state index contributed by atoms with van der Waals surface area (Å²) in [5.41, 5.74) is 3.98.